The second-order valence-corrected chi connectivity index (χ2v) is 4.88. The zero-order valence-electron chi connectivity index (χ0n) is 10.4. The average molecular weight is 285 g/mol. The molecule has 3 aromatic rings. The summed E-state index contributed by atoms with van der Waals surface area (Å²) in [5.74, 6) is 0.560. The number of para-hydroxylation sites is 1. The minimum Gasteiger partial charge on any atom is -0.420 e. The molecule has 0 spiro atoms. The summed E-state index contributed by atoms with van der Waals surface area (Å²) >= 11 is 1.55. The molecular formula is C14H11N3O2S. The van der Waals surface area contributed by atoms with Crippen molar-refractivity contribution in [3.05, 3.63) is 53.0 Å². The third kappa shape index (κ3) is 2.92. The van der Waals surface area contributed by atoms with Crippen LogP contribution in [0, 0.1) is 0 Å². The molecule has 0 aliphatic rings. The smallest absolute Gasteiger partial charge is 0.248 e. The number of benzene rings is 1. The Morgan fingerprint density at radius 1 is 1.20 bits per heavy atom. The topological polar surface area (TPSA) is 68.0 Å². The van der Waals surface area contributed by atoms with E-state index in [2.05, 4.69) is 15.5 Å². The second-order valence-electron chi connectivity index (χ2n) is 4.10. The Bertz CT molecular complexity index is 692. The van der Waals surface area contributed by atoms with Crippen LogP contribution in [-0.2, 0) is 11.2 Å². The highest BCUT2D eigenvalue weighted by Gasteiger charge is 2.12. The van der Waals surface area contributed by atoms with Gasteiger partial charge in [0.15, 0.2) is 0 Å². The number of carbonyl (C=O) groups excluding carboxylic acids is 1. The summed E-state index contributed by atoms with van der Waals surface area (Å²) in [4.78, 5) is 11.8. The number of aromatic nitrogens is 2. The van der Waals surface area contributed by atoms with E-state index in [9.17, 15) is 4.79 Å². The molecule has 3 rings (SSSR count). The molecule has 0 fully saturated rings. The van der Waals surface area contributed by atoms with Crippen LogP contribution in [0.4, 0.5) is 5.69 Å². The SMILES string of the molecule is O=C(Cc1nnc(-c2ccsc2)o1)Nc1ccccc1. The summed E-state index contributed by atoms with van der Waals surface area (Å²) in [7, 11) is 0. The molecule has 0 aliphatic heterocycles. The van der Waals surface area contributed by atoms with Crippen LogP contribution in [0.2, 0.25) is 0 Å². The molecule has 1 N–H and O–H groups in total. The van der Waals surface area contributed by atoms with Gasteiger partial charge in [-0.1, -0.05) is 18.2 Å². The van der Waals surface area contributed by atoms with Gasteiger partial charge in [0.1, 0.15) is 6.42 Å². The van der Waals surface area contributed by atoms with Gasteiger partial charge in [-0.15, -0.1) is 10.2 Å². The highest BCUT2D eigenvalue weighted by Crippen LogP contribution is 2.20. The van der Waals surface area contributed by atoms with E-state index in [0.717, 1.165) is 11.3 Å². The molecule has 2 aromatic heterocycles. The zero-order chi connectivity index (χ0) is 13.8. The Morgan fingerprint density at radius 2 is 2.05 bits per heavy atom. The van der Waals surface area contributed by atoms with Crippen molar-refractivity contribution in [2.24, 2.45) is 0 Å². The van der Waals surface area contributed by atoms with Gasteiger partial charge in [0.25, 0.3) is 0 Å². The van der Waals surface area contributed by atoms with Gasteiger partial charge >= 0.3 is 0 Å². The minimum absolute atomic E-state index is 0.0615. The van der Waals surface area contributed by atoms with Gasteiger partial charge in [0.2, 0.25) is 17.7 Å². The van der Waals surface area contributed by atoms with Crippen LogP contribution in [0.15, 0.2) is 51.6 Å². The van der Waals surface area contributed by atoms with Crippen LogP contribution >= 0.6 is 11.3 Å². The van der Waals surface area contributed by atoms with Crippen LogP contribution in [0.1, 0.15) is 5.89 Å². The van der Waals surface area contributed by atoms with Crippen LogP contribution in [0.3, 0.4) is 0 Å². The van der Waals surface area contributed by atoms with E-state index in [1.807, 2.05) is 47.2 Å². The summed E-state index contributed by atoms with van der Waals surface area (Å²) < 4.78 is 5.46. The van der Waals surface area contributed by atoms with Crippen LogP contribution in [0.5, 0.6) is 0 Å². The highest BCUT2D eigenvalue weighted by molar-refractivity contribution is 7.08. The molecule has 100 valence electrons. The van der Waals surface area contributed by atoms with Crippen molar-refractivity contribution in [1.29, 1.82) is 0 Å². The summed E-state index contributed by atoms with van der Waals surface area (Å²) in [5, 5.41) is 14.4. The number of hydrogen-bond acceptors (Lipinski definition) is 5. The Kier molecular flexibility index (Phi) is 3.56. The molecule has 0 unspecified atom stereocenters. The van der Waals surface area contributed by atoms with Crippen molar-refractivity contribution < 1.29 is 9.21 Å². The number of hydrogen-bond donors (Lipinski definition) is 1. The van der Waals surface area contributed by atoms with Crippen molar-refractivity contribution in [2.45, 2.75) is 6.42 Å². The van der Waals surface area contributed by atoms with Crippen molar-refractivity contribution in [3.63, 3.8) is 0 Å². The molecule has 0 aliphatic carbocycles. The molecule has 20 heavy (non-hydrogen) atoms. The normalized spacial score (nSPS) is 10.4. The summed E-state index contributed by atoms with van der Waals surface area (Å²) in [6, 6.07) is 11.1. The maximum Gasteiger partial charge on any atom is 0.248 e. The van der Waals surface area contributed by atoms with Crippen molar-refractivity contribution in [2.75, 3.05) is 5.32 Å². The Morgan fingerprint density at radius 3 is 2.80 bits per heavy atom. The van der Waals surface area contributed by atoms with E-state index in [0.29, 0.717) is 11.8 Å². The van der Waals surface area contributed by atoms with Gasteiger partial charge in [0, 0.05) is 16.6 Å². The summed E-state index contributed by atoms with van der Waals surface area (Å²) in [6.45, 7) is 0. The number of rotatable bonds is 4. The quantitative estimate of drug-likeness (QED) is 0.800. The van der Waals surface area contributed by atoms with Crippen LogP contribution in [-0.4, -0.2) is 16.1 Å². The Labute approximate surface area is 119 Å². The third-order valence-corrected chi connectivity index (χ3v) is 3.29. The first-order valence-electron chi connectivity index (χ1n) is 6.01. The fourth-order valence-electron chi connectivity index (χ4n) is 1.69. The van der Waals surface area contributed by atoms with Gasteiger partial charge in [-0.25, -0.2) is 0 Å². The molecule has 0 radical (unpaired) electrons. The molecule has 0 saturated heterocycles. The zero-order valence-corrected chi connectivity index (χ0v) is 11.3. The number of amides is 1. The molecule has 0 saturated carbocycles. The van der Waals surface area contributed by atoms with E-state index in [4.69, 9.17) is 4.42 Å². The maximum absolute atomic E-state index is 11.8. The average Bonchev–Trinajstić information content (AvgIpc) is 3.10. The Balaban J connectivity index is 1.65. The number of thiophene rings is 1. The van der Waals surface area contributed by atoms with E-state index in [-0.39, 0.29) is 12.3 Å². The lowest BCUT2D eigenvalue weighted by Gasteiger charge is -2.02. The maximum atomic E-state index is 11.8. The number of carbonyl (C=O) groups is 1. The minimum atomic E-state index is -0.184. The fourth-order valence-corrected chi connectivity index (χ4v) is 2.32. The molecule has 1 amide bonds. The van der Waals surface area contributed by atoms with Gasteiger partial charge in [0.05, 0.1) is 0 Å². The van der Waals surface area contributed by atoms with Gasteiger partial charge in [-0.3, -0.25) is 4.79 Å². The van der Waals surface area contributed by atoms with Crippen LogP contribution < -0.4 is 5.32 Å². The lowest BCUT2D eigenvalue weighted by molar-refractivity contribution is -0.115. The van der Waals surface area contributed by atoms with Gasteiger partial charge < -0.3 is 9.73 Å². The predicted molar refractivity (Wildman–Crippen MR) is 76.4 cm³/mol. The third-order valence-electron chi connectivity index (χ3n) is 2.60. The first-order chi connectivity index (χ1) is 9.81. The summed E-state index contributed by atoms with van der Waals surface area (Å²) in [6.07, 6.45) is 0.0615. The first-order valence-corrected chi connectivity index (χ1v) is 6.95. The molecule has 1 aromatic carbocycles. The Hall–Kier alpha value is -2.47. The van der Waals surface area contributed by atoms with Gasteiger partial charge in [-0.05, 0) is 23.6 Å². The van der Waals surface area contributed by atoms with Crippen LogP contribution in [0.25, 0.3) is 11.5 Å². The molecule has 5 nitrogen and oxygen atoms in total. The van der Waals surface area contributed by atoms with Gasteiger partial charge in [-0.2, -0.15) is 11.3 Å². The number of anilines is 1. The summed E-state index contributed by atoms with van der Waals surface area (Å²) in [5.41, 5.74) is 1.62. The standard InChI is InChI=1S/C14H11N3O2S/c18-12(15-11-4-2-1-3-5-11)8-13-16-17-14(19-13)10-6-7-20-9-10/h1-7,9H,8H2,(H,15,18). The number of nitrogens with zero attached hydrogens (tertiary/aromatic N) is 2. The second kappa shape index (κ2) is 5.66. The van der Waals surface area contributed by atoms with E-state index < -0.39 is 0 Å². The molecular weight excluding hydrogens is 274 g/mol. The molecule has 0 atom stereocenters. The van der Waals surface area contributed by atoms with Crippen molar-refractivity contribution in [1.82, 2.24) is 10.2 Å². The van der Waals surface area contributed by atoms with E-state index in [1.54, 1.807) is 11.3 Å². The lowest BCUT2D eigenvalue weighted by Crippen LogP contribution is -2.14. The largest absolute Gasteiger partial charge is 0.420 e. The molecule has 0 bridgehead atoms. The predicted octanol–water partition coefficient (Wildman–Crippen LogP) is 2.98. The fraction of sp³-hybridized carbons (Fsp3) is 0.0714. The first kappa shape index (κ1) is 12.6. The molecule has 6 heteroatoms. The van der Waals surface area contributed by atoms with Crippen molar-refractivity contribution in [3.8, 4) is 11.5 Å². The van der Waals surface area contributed by atoms with E-state index in [1.165, 1.54) is 0 Å². The van der Waals surface area contributed by atoms with E-state index >= 15 is 0 Å². The number of nitrogens with one attached hydrogen (secondary N) is 1. The van der Waals surface area contributed by atoms with Crippen molar-refractivity contribution >= 4 is 22.9 Å². The molecule has 2 heterocycles. The highest BCUT2D eigenvalue weighted by atomic mass is 32.1. The lowest BCUT2D eigenvalue weighted by atomic mass is 10.3. The monoisotopic (exact) mass is 285 g/mol.